The summed E-state index contributed by atoms with van der Waals surface area (Å²) in [5.74, 6) is -0.0398. The number of rotatable bonds is 6. The number of hydrogen-bond donors (Lipinski definition) is 1. The van der Waals surface area contributed by atoms with Gasteiger partial charge >= 0.3 is 5.97 Å². The van der Waals surface area contributed by atoms with Crippen molar-refractivity contribution in [2.45, 2.75) is 19.3 Å². The molecule has 0 aliphatic heterocycles. The molecule has 19 heavy (non-hydrogen) atoms. The van der Waals surface area contributed by atoms with Crippen molar-refractivity contribution in [1.29, 1.82) is 0 Å². The molecule has 0 saturated heterocycles. The third-order valence-corrected chi connectivity index (χ3v) is 3.08. The van der Waals surface area contributed by atoms with Crippen LogP contribution in [0, 0.1) is 0 Å². The molecule has 0 atom stereocenters. The van der Waals surface area contributed by atoms with Crippen LogP contribution in [0.2, 0.25) is 0 Å². The lowest BCUT2D eigenvalue weighted by atomic mass is 10.1. The minimum atomic E-state index is -0.813. The molecule has 2 aromatic heterocycles. The van der Waals surface area contributed by atoms with Crippen molar-refractivity contribution in [3.63, 3.8) is 0 Å². The Morgan fingerprint density at radius 1 is 1.32 bits per heavy atom. The highest BCUT2D eigenvalue weighted by molar-refractivity contribution is 9.09. The summed E-state index contributed by atoms with van der Waals surface area (Å²) in [5.41, 5.74) is 2.66. The van der Waals surface area contributed by atoms with Gasteiger partial charge in [-0.15, -0.1) is 0 Å². The highest BCUT2D eigenvalue weighted by atomic mass is 79.9. The Bertz CT molecular complexity index is 552. The van der Waals surface area contributed by atoms with Gasteiger partial charge in [-0.1, -0.05) is 15.9 Å². The number of aryl methyl sites for hydroxylation is 2. The van der Waals surface area contributed by atoms with Crippen molar-refractivity contribution in [1.82, 2.24) is 4.98 Å². The zero-order chi connectivity index (χ0) is 13.7. The summed E-state index contributed by atoms with van der Waals surface area (Å²) in [4.78, 5) is 15.1. The van der Waals surface area contributed by atoms with Gasteiger partial charge in [-0.25, -0.2) is 0 Å². The number of furan rings is 1. The van der Waals surface area contributed by atoms with Crippen molar-refractivity contribution in [2.24, 2.45) is 0 Å². The predicted molar refractivity (Wildman–Crippen MR) is 75.4 cm³/mol. The normalized spacial score (nSPS) is 10.6. The zero-order valence-corrected chi connectivity index (χ0v) is 11.9. The molecule has 2 aromatic rings. The molecule has 2 rings (SSSR count). The molecule has 0 unspecified atom stereocenters. The van der Waals surface area contributed by atoms with Gasteiger partial charge in [-0.05, 0) is 30.7 Å². The summed E-state index contributed by atoms with van der Waals surface area (Å²) in [7, 11) is 0. The predicted octanol–water partition coefficient (Wildman–Crippen LogP) is 3.30. The van der Waals surface area contributed by atoms with Crippen LogP contribution in [-0.4, -0.2) is 21.4 Å². The quantitative estimate of drug-likeness (QED) is 0.828. The summed E-state index contributed by atoms with van der Waals surface area (Å²) < 4.78 is 5.38. The molecular weight excluding hydrogens is 310 g/mol. The molecular formula is C14H14BrNO3. The Labute approximate surface area is 119 Å². The number of aromatic nitrogens is 1. The first-order chi connectivity index (χ1) is 9.19. The maximum atomic E-state index is 10.6. The SMILES string of the molecule is O=C(O)CCc1cc(-c2ccco2)cc(CCBr)n1. The standard InChI is InChI=1S/C14H14BrNO3/c15-6-5-12-9-10(13-2-1-7-19-13)8-11(16-12)3-4-14(17)18/h1-2,7-9H,3-6H2,(H,17,18). The van der Waals surface area contributed by atoms with E-state index in [1.165, 1.54) is 0 Å². The Morgan fingerprint density at radius 3 is 2.63 bits per heavy atom. The van der Waals surface area contributed by atoms with Gasteiger partial charge in [0, 0.05) is 28.7 Å². The van der Waals surface area contributed by atoms with Crippen LogP contribution >= 0.6 is 15.9 Å². The van der Waals surface area contributed by atoms with Gasteiger partial charge in [0.05, 0.1) is 12.7 Å². The fourth-order valence-corrected chi connectivity index (χ4v) is 2.23. The van der Waals surface area contributed by atoms with Crippen LogP contribution in [0.25, 0.3) is 11.3 Å². The molecule has 0 amide bonds. The van der Waals surface area contributed by atoms with E-state index in [0.29, 0.717) is 6.42 Å². The monoisotopic (exact) mass is 323 g/mol. The van der Waals surface area contributed by atoms with Crippen molar-refractivity contribution in [2.75, 3.05) is 5.33 Å². The van der Waals surface area contributed by atoms with E-state index >= 15 is 0 Å². The van der Waals surface area contributed by atoms with Gasteiger partial charge in [0.15, 0.2) is 0 Å². The number of pyridine rings is 1. The Morgan fingerprint density at radius 2 is 2.05 bits per heavy atom. The third-order valence-electron chi connectivity index (χ3n) is 2.68. The second kappa shape index (κ2) is 6.52. The first-order valence-corrected chi connectivity index (χ1v) is 7.12. The summed E-state index contributed by atoms with van der Waals surface area (Å²) >= 11 is 3.39. The number of carboxylic acids is 1. The average Bonchev–Trinajstić information content (AvgIpc) is 2.90. The Kier molecular flexibility index (Phi) is 4.74. The van der Waals surface area contributed by atoms with Crippen LogP contribution in [0.15, 0.2) is 34.9 Å². The summed E-state index contributed by atoms with van der Waals surface area (Å²) in [6.45, 7) is 0. The summed E-state index contributed by atoms with van der Waals surface area (Å²) in [5, 5.41) is 9.57. The molecule has 0 spiro atoms. The third kappa shape index (κ3) is 3.92. The molecule has 4 nitrogen and oxygen atoms in total. The second-order valence-electron chi connectivity index (χ2n) is 4.15. The number of halogens is 1. The molecule has 0 saturated carbocycles. The van der Waals surface area contributed by atoms with E-state index in [1.54, 1.807) is 6.26 Å². The maximum Gasteiger partial charge on any atom is 0.303 e. The Balaban J connectivity index is 2.29. The van der Waals surface area contributed by atoms with Crippen LogP contribution in [-0.2, 0) is 17.6 Å². The largest absolute Gasteiger partial charge is 0.481 e. The minimum absolute atomic E-state index is 0.0857. The maximum absolute atomic E-state index is 10.6. The van der Waals surface area contributed by atoms with Gasteiger partial charge in [0.25, 0.3) is 0 Å². The lowest BCUT2D eigenvalue weighted by Gasteiger charge is -2.06. The first-order valence-electron chi connectivity index (χ1n) is 6.00. The molecule has 0 aromatic carbocycles. The number of hydrogen-bond acceptors (Lipinski definition) is 3. The van der Waals surface area contributed by atoms with Gasteiger partial charge in [0.1, 0.15) is 5.76 Å². The molecule has 100 valence electrons. The van der Waals surface area contributed by atoms with E-state index in [-0.39, 0.29) is 6.42 Å². The number of aliphatic carboxylic acids is 1. The van der Waals surface area contributed by atoms with Crippen molar-refractivity contribution >= 4 is 21.9 Å². The fourth-order valence-electron chi connectivity index (χ4n) is 1.82. The molecule has 2 heterocycles. The van der Waals surface area contributed by atoms with Gasteiger partial charge < -0.3 is 9.52 Å². The van der Waals surface area contributed by atoms with E-state index in [1.807, 2.05) is 24.3 Å². The van der Waals surface area contributed by atoms with Gasteiger partial charge in [-0.2, -0.15) is 0 Å². The van der Waals surface area contributed by atoms with E-state index < -0.39 is 5.97 Å². The van der Waals surface area contributed by atoms with E-state index in [2.05, 4.69) is 20.9 Å². The number of nitrogens with zero attached hydrogens (tertiary/aromatic N) is 1. The van der Waals surface area contributed by atoms with Crippen LogP contribution < -0.4 is 0 Å². The highest BCUT2D eigenvalue weighted by Crippen LogP contribution is 2.22. The zero-order valence-electron chi connectivity index (χ0n) is 10.3. The highest BCUT2D eigenvalue weighted by Gasteiger charge is 2.08. The molecule has 0 aliphatic rings. The van der Waals surface area contributed by atoms with Crippen LogP contribution in [0.5, 0.6) is 0 Å². The summed E-state index contributed by atoms with van der Waals surface area (Å²) in [6.07, 6.45) is 2.94. The van der Waals surface area contributed by atoms with Crippen LogP contribution in [0.3, 0.4) is 0 Å². The average molecular weight is 324 g/mol. The van der Waals surface area contributed by atoms with Crippen LogP contribution in [0.1, 0.15) is 17.8 Å². The van der Waals surface area contributed by atoms with Gasteiger partial charge in [0.2, 0.25) is 0 Å². The number of alkyl halides is 1. The van der Waals surface area contributed by atoms with Crippen molar-refractivity contribution < 1.29 is 14.3 Å². The minimum Gasteiger partial charge on any atom is -0.481 e. The van der Waals surface area contributed by atoms with Gasteiger partial charge in [-0.3, -0.25) is 9.78 Å². The van der Waals surface area contributed by atoms with Crippen LogP contribution in [0.4, 0.5) is 0 Å². The lowest BCUT2D eigenvalue weighted by molar-refractivity contribution is -0.136. The molecule has 0 aliphatic carbocycles. The van der Waals surface area contributed by atoms with E-state index in [0.717, 1.165) is 34.5 Å². The molecule has 0 radical (unpaired) electrons. The lowest BCUT2D eigenvalue weighted by Crippen LogP contribution is -2.02. The van der Waals surface area contributed by atoms with Crippen molar-refractivity contribution in [3.05, 3.63) is 41.9 Å². The van der Waals surface area contributed by atoms with E-state index in [4.69, 9.17) is 9.52 Å². The Hall–Kier alpha value is -1.62. The number of carbonyl (C=O) groups is 1. The fraction of sp³-hybridized carbons (Fsp3) is 0.286. The molecule has 0 fully saturated rings. The second-order valence-corrected chi connectivity index (χ2v) is 4.94. The molecule has 1 N–H and O–H groups in total. The number of carboxylic acid groups (broad SMARTS) is 1. The topological polar surface area (TPSA) is 63.3 Å². The van der Waals surface area contributed by atoms with Crippen molar-refractivity contribution in [3.8, 4) is 11.3 Å². The smallest absolute Gasteiger partial charge is 0.303 e. The first kappa shape index (κ1) is 13.8. The van der Waals surface area contributed by atoms with E-state index in [9.17, 15) is 4.79 Å². The molecule has 0 bridgehead atoms. The molecule has 5 heteroatoms. The summed E-state index contributed by atoms with van der Waals surface area (Å²) in [6, 6.07) is 7.58.